The van der Waals surface area contributed by atoms with Crippen molar-refractivity contribution in [2.45, 2.75) is 52.2 Å². The van der Waals surface area contributed by atoms with Crippen LogP contribution >= 0.6 is 0 Å². The molecule has 0 spiro atoms. The largest absolute Gasteiger partial charge is 0.396 e. The summed E-state index contributed by atoms with van der Waals surface area (Å²) in [5, 5.41) is 12.2. The van der Waals surface area contributed by atoms with Crippen molar-refractivity contribution < 1.29 is 5.11 Å². The number of nitrogens with one attached hydrogen (secondary N) is 1. The second-order valence-corrected chi connectivity index (χ2v) is 4.18. The van der Waals surface area contributed by atoms with Gasteiger partial charge in [-0.15, -0.1) is 0 Å². The first-order valence-corrected chi connectivity index (χ1v) is 6.12. The first-order valence-electron chi connectivity index (χ1n) is 6.12. The van der Waals surface area contributed by atoms with E-state index in [1.54, 1.807) is 0 Å². The lowest BCUT2D eigenvalue weighted by molar-refractivity contribution is 0.276. The summed E-state index contributed by atoms with van der Waals surface area (Å²) in [6.07, 6.45) is 6.87. The smallest absolute Gasteiger partial charge is 0.122 e. The fourth-order valence-electron chi connectivity index (χ4n) is 1.72. The third kappa shape index (κ3) is 4.33. The molecule has 1 unspecified atom stereocenters. The molecule has 0 saturated carbocycles. The first kappa shape index (κ1) is 13.2. The van der Waals surface area contributed by atoms with Crippen molar-refractivity contribution >= 4 is 0 Å². The molecule has 0 saturated heterocycles. The van der Waals surface area contributed by atoms with Gasteiger partial charge in [0.15, 0.2) is 0 Å². The maximum atomic E-state index is 8.74. The predicted octanol–water partition coefficient (Wildman–Crippen LogP) is 1.54. The van der Waals surface area contributed by atoms with E-state index in [0.29, 0.717) is 6.04 Å². The van der Waals surface area contributed by atoms with Gasteiger partial charge in [-0.3, -0.25) is 0 Å². The zero-order chi connectivity index (χ0) is 11.8. The molecule has 92 valence electrons. The third-order valence-electron chi connectivity index (χ3n) is 2.67. The second-order valence-electron chi connectivity index (χ2n) is 4.18. The van der Waals surface area contributed by atoms with Gasteiger partial charge in [0, 0.05) is 31.6 Å². The molecule has 0 fully saturated rings. The van der Waals surface area contributed by atoms with E-state index in [1.165, 1.54) is 0 Å². The number of hydrogen-bond donors (Lipinski definition) is 2. The zero-order valence-corrected chi connectivity index (χ0v) is 10.3. The number of hydrogen-bond acceptors (Lipinski definition) is 3. The average Bonchev–Trinajstić information content (AvgIpc) is 2.72. The molecule has 0 bridgehead atoms. The summed E-state index contributed by atoms with van der Waals surface area (Å²) in [6, 6.07) is 0.430. The van der Waals surface area contributed by atoms with Gasteiger partial charge >= 0.3 is 0 Å². The van der Waals surface area contributed by atoms with Crippen molar-refractivity contribution in [3.63, 3.8) is 0 Å². The Balaban J connectivity index is 2.32. The van der Waals surface area contributed by atoms with Crippen LogP contribution in [0.1, 0.15) is 38.9 Å². The van der Waals surface area contributed by atoms with Crippen LogP contribution in [0.25, 0.3) is 0 Å². The highest BCUT2D eigenvalue weighted by molar-refractivity contribution is 4.92. The summed E-state index contributed by atoms with van der Waals surface area (Å²) in [6.45, 7) is 6.42. The fraction of sp³-hybridized carbons (Fsp3) is 0.750. The predicted molar refractivity (Wildman–Crippen MR) is 65.1 cm³/mol. The van der Waals surface area contributed by atoms with E-state index in [-0.39, 0.29) is 6.61 Å². The van der Waals surface area contributed by atoms with Crippen LogP contribution in [-0.2, 0) is 13.1 Å². The van der Waals surface area contributed by atoms with Crippen LogP contribution in [0.3, 0.4) is 0 Å². The fourth-order valence-corrected chi connectivity index (χ4v) is 1.72. The first-order chi connectivity index (χ1) is 7.77. The Kier molecular flexibility index (Phi) is 6.11. The van der Waals surface area contributed by atoms with Gasteiger partial charge < -0.3 is 15.0 Å². The van der Waals surface area contributed by atoms with Gasteiger partial charge in [0.05, 0.1) is 6.54 Å². The third-order valence-corrected chi connectivity index (χ3v) is 2.67. The molecule has 4 nitrogen and oxygen atoms in total. The molecule has 0 amide bonds. The van der Waals surface area contributed by atoms with Crippen LogP contribution in [-0.4, -0.2) is 27.3 Å². The summed E-state index contributed by atoms with van der Waals surface area (Å²) in [5.74, 6) is 1.10. The van der Waals surface area contributed by atoms with E-state index >= 15 is 0 Å². The lowest BCUT2D eigenvalue weighted by Gasteiger charge is -2.13. The van der Waals surface area contributed by atoms with E-state index in [4.69, 9.17) is 5.11 Å². The average molecular weight is 225 g/mol. The van der Waals surface area contributed by atoms with Crippen molar-refractivity contribution in [1.82, 2.24) is 14.9 Å². The molecule has 1 aromatic rings. The molecule has 0 radical (unpaired) electrons. The molecular weight excluding hydrogens is 202 g/mol. The minimum absolute atomic E-state index is 0.274. The van der Waals surface area contributed by atoms with Crippen LogP contribution < -0.4 is 5.32 Å². The topological polar surface area (TPSA) is 50.1 Å². The highest BCUT2D eigenvalue weighted by Gasteiger charge is 2.04. The Hall–Kier alpha value is -0.870. The molecule has 0 aromatic carbocycles. The molecule has 2 N–H and O–H groups in total. The molecule has 4 heteroatoms. The molecule has 1 rings (SSSR count). The molecule has 1 atom stereocenters. The van der Waals surface area contributed by atoms with Crippen LogP contribution in [0.4, 0.5) is 0 Å². The van der Waals surface area contributed by atoms with E-state index in [9.17, 15) is 0 Å². The van der Waals surface area contributed by atoms with Crippen LogP contribution in [0, 0.1) is 0 Å². The maximum Gasteiger partial charge on any atom is 0.122 e. The van der Waals surface area contributed by atoms with Crippen LogP contribution in [0.2, 0.25) is 0 Å². The van der Waals surface area contributed by atoms with E-state index in [0.717, 1.165) is 38.2 Å². The Morgan fingerprint density at radius 2 is 2.38 bits per heavy atom. The minimum Gasteiger partial charge on any atom is -0.396 e. The van der Waals surface area contributed by atoms with Gasteiger partial charge in [0.2, 0.25) is 0 Å². The SMILES string of the molecule is CCCn1ccnc1CNC(C)CCCO. The summed E-state index contributed by atoms with van der Waals surface area (Å²) in [5.41, 5.74) is 0. The lowest BCUT2D eigenvalue weighted by Crippen LogP contribution is -2.27. The lowest BCUT2D eigenvalue weighted by atomic mass is 10.2. The Labute approximate surface area is 97.7 Å². The van der Waals surface area contributed by atoms with Gasteiger partial charge in [0.1, 0.15) is 5.82 Å². The molecule has 0 aliphatic rings. The summed E-state index contributed by atoms with van der Waals surface area (Å²) >= 11 is 0. The van der Waals surface area contributed by atoms with E-state index in [1.807, 2.05) is 12.4 Å². The number of aryl methyl sites for hydroxylation is 1. The number of aliphatic hydroxyl groups excluding tert-OH is 1. The van der Waals surface area contributed by atoms with Crippen molar-refractivity contribution in [1.29, 1.82) is 0 Å². The monoisotopic (exact) mass is 225 g/mol. The Morgan fingerprint density at radius 3 is 3.06 bits per heavy atom. The van der Waals surface area contributed by atoms with Crippen LogP contribution in [0.5, 0.6) is 0 Å². The second kappa shape index (κ2) is 7.41. The normalized spacial score (nSPS) is 12.9. The van der Waals surface area contributed by atoms with Crippen molar-refractivity contribution in [2.24, 2.45) is 0 Å². The minimum atomic E-state index is 0.274. The summed E-state index contributed by atoms with van der Waals surface area (Å²) in [4.78, 5) is 4.34. The van der Waals surface area contributed by atoms with Crippen molar-refractivity contribution in [3.05, 3.63) is 18.2 Å². The van der Waals surface area contributed by atoms with Gasteiger partial charge in [-0.1, -0.05) is 6.92 Å². The molecule has 16 heavy (non-hydrogen) atoms. The van der Waals surface area contributed by atoms with E-state index < -0.39 is 0 Å². The quantitative estimate of drug-likeness (QED) is 0.705. The van der Waals surface area contributed by atoms with E-state index in [2.05, 4.69) is 28.7 Å². The van der Waals surface area contributed by atoms with Gasteiger partial charge in [-0.05, 0) is 26.2 Å². The Morgan fingerprint density at radius 1 is 1.56 bits per heavy atom. The van der Waals surface area contributed by atoms with Gasteiger partial charge in [-0.2, -0.15) is 0 Å². The van der Waals surface area contributed by atoms with Crippen molar-refractivity contribution in [3.8, 4) is 0 Å². The zero-order valence-electron chi connectivity index (χ0n) is 10.3. The number of nitrogens with zero attached hydrogens (tertiary/aromatic N) is 2. The van der Waals surface area contributed by atoms with Gasteiger partial charge in [-0.25, -0.2) is 4.98 Å². The molecule has 0 aliphatic carbocycles. The molecular formula is C12H23N3O. The maximum absolute atomic E-state index is 8.74. The molecule has 0 aliphatic heterocycles. The highest BCUT2D eigenvalue weighted by Crippen LogP contribution is 2.01. The number of aliphatic hydroxyl groups is 1. The molecule has 1 heterocycles. The number of imidazole rings is 1. The van der Waals surface area contributed by atoms with Crippen LogP contribution in [0.15, 0.2) is 12.4 Å². The Bertz CT molecular complexity index is 286. The summed E-state index contributed by atoms with van der Waals surface area (Å²) < 4.78 is 2.19. The van der Waals surface area contributed by atoms with Crippen molar-refractivity contribution in [2.75, 3.05) is 6.61 Å². The number of rotatable bonds is 8. The summed E-state index contributed by atoms with van der Waals surface area (Å²) in [7, 11) is 0. The highest BCUT2D eigenvalue weighted by atomic mass is 16.2. The number of aromatic nitrogens is 2. The van der Waals surface area contributed by atoms with Gasteiger partial charge in [0.25, 0.3) is 0 Å². The standard InChI is InChI=1S/C12H23N3O/c1-3-7-15-8-6-13-12(15)10-14-11(2)5-4-9-16/h6,8,11,14,16H,3-5,7,9-10H2,1-2H3. The molecule has 1 aromatic heterocycles.